The maximum atomic E-state index is 13.1. The van der Waals surface area contributed by atoms with E-state index in [9.17, 15) is 8.42 Å². The lowest BCUT2D eigenvalue weighted by Gasteiger charge is -2.45. The summed E-state index contributed by atoms with van der Waals surface area (Å²) in [4.78, 5) is 2.48. The van der Waals surface area contributed by atoms with Gasteiger partial charge in [-0.25, -0.2) is 0 Å². The van der Waals surface area contributed by atoms with E-state index < -0.39 is 10.2 Å². The molecule has 122 valence electrons. The SMILES string of the molecule is CCC1CN2CCCC2CN1S(=O)(=O)N1CCOCC1C. The van der Waals surface area contributed by atoms with Gasteiger partial charge in [0.1, 0.15) is 0 Å². The minimum Gasteiger partial charge on any atom is -0.378 e. The van der Waals surface area contributed by atoms with Crippen LogP contribution in [0.2, 0.25) is 0 Å². The van der Waals surface area contributed by atoms with Crippen LogP contribution in [0, 0.1) is 0 Å². The molecule has 6 nitrogen and oxygen atoms in total. The van der Waals surface area contributed by atoms with Gasteiger partial charge >= 0.3 is 0 Å². The van der Waals surface area contributed by atoms with Crippen LogP contribution in [0.4, 0.5) is 0 Å². The Hall–Kier alpha value is -0.210. The number of hydrogen-bond acceptors (Lipinski definition) is 4. The summed E-state index contributed by atoms with van der Waals surface area (Å²) < 4.78 is 35.0. The van der Waals surface area contributed by atoms with Crippen LogP contribution in [0.25, 0.3) is 0 Å². The molecule has 0 aromatic carbocycles. The van der Waals surface area contributed by atoms with E-state index in [1.165, 1.54) is 6.42 Å². The molecule has 0 amide bonds. The van der Waals surface area contributed by atoms with Gasteiger partial charge in [0.25, 0.3) is 10.2 Å². The van der Waals surface area contributed by atoms with Gasteiger partial charge in [0.15, 0.2) is 0 Å². The first-order valence-corrected chi connectivity index (χ1v) is 9.54. The Kier molecular flexibility index (Phi) is 4.57. The standard InChI is InChI=1S/C14H27N3O3S/c1-3-13-9-15-6-4-5-14(15)10-17(13)21(18,19)16-7-8-20-11-12(16)2/h12-14H,3-11H2,1-2H3. The minimum absolute atomic E-state index is 0.0668. The lowest BCUT2D eigenvalue weighted by atomic mass is 10.1. The van der Waals surface area contributed by atoms with Crippen LogP contribution in [0.1, 0.15) is 33.1 Å². The van der Waals surface area contributed by atoms with Crippen LogP contribution in [0.5, 0.6) is 0 Å². The maximum absolute atomic E-state index is 13.1. The Labute approximate surface area is 128 Å². The summed E-state index contributed by atoms with van der Waals surface area (Å²) in [6.45, 7) is 8.18. The molecule has 3 heterocycles. The zero-order chi connectivity index (χ0) is 15.0. The first-order chi connectivity index (χ1) is 10.0. The summed E-state index contributed by atoms with van der Waals surface area (Å²) in [5.41, 5.74) is 0. The van der Waals surface area contributed by atoms with Crippen LogP contribution >= 0.6 is 0 Å². The van der Waals surface area contributed by atoms with Gasteiger partial charge in [0.05, 0.1) is 13.2 Å². The zero-order valence-corrected chi connectivity index (χ0v) is 13.9. The molecule has 21 heavy (non-hydrogen) atoms. The normalized spacial score (nSPS) is 36.8. The van der Waals surface area contributed by atoms with Gasteiger partial charge < -0.3 is 4.74 Å². The van der Waals surface area contributed by atoms with Gasteiger partial charge in [-0.05, 0) is 32.7 Å². The molecule has 0 aromatic heterocycles. The molecule has 0 N–H and O–H groups in total. The Morgan fingerprint density at radius 3 is 2.71 bits per heavy atom. The lowest BCUT2D eigenvalue weighted by Crippen LogP contribution is -2.62. The number of rotatable bonds is 3. The first kappa shape index (κ1) is 15.7. The molecular formula is C14H27N3O3S. The quantitative estimate of drug-likeness (QED) is 0.761. The second kappa shape index (κ2) is 6.12. The predicted molar refractivity (Wildman–Crippen MR) is 81.3 cm³/mol. The Morgan fingerprint density at radius 1 is 1.19 bits per heavy atom. The van der Waals surface area contributed by atoms with Gasteiger partial charge in [-0.1, -0.05) is 6.92 Å². The molecule has 0 saturated carbocycles. The van der Waals surface area contributed by atoms with Gasteiger partial charge in [-0.2, -0.15) is 17.0 Å². The van der Waals surface area contributed by atoms with Crippen molar-refractivity contribution in [2.24, 2.45) is 0 Å². The molecule has 3 aliphatic heterocycles. The first-order valence-electron chi connectivity index (χ1n) is 8.14. The smallest absolute Gasteiger partial charge is 0.282 e. The molecule has 7 heteroatoms. The van der Waals surface area contributed by atoms with Crippen molar-refractivity contribution in [3.8, 4) is 0 Å². The number of fused-ring (bicyclic) bond motifs is 1. The summed E-state index contributed by atoms with van der Waals surface area (Å²) in [5.74, 6) is 0. The lowest BCUT2D eigenvalue weighted by molar-refractivity contribution is 0.0310. The van der Waals surface area contributed by atoms with Crippen molar-refractivity contribution in [3.63, 3.8) is 0 Å². The average molecular weight is 317 g/mol. The highest BCUT2D eigenvalue weighted by Gasteiger charge is 2.44. The summed E-state index contributed by atoms with van der Waals surface area (Å²) >= 11 is 0. The van der Waals surface area contributed by atoms with Crippen LogP contribution in [0.15, 0.2) is 0 Å². The molecule has 3 saturated heterocycles. The number of nitrogens with zero attached hydrogens (tertiary/aromatic N) is 3. The third kappa shape index (κ3) is 2.86. The zero-order valence-electron chi connectivity index (χ0n) is 13.1. The number of piperazine rings is 1. The monoisotopic (exact) mass is 317 g/mol. The van der Waals surface area contributed by atoms with Crippen LogP contribution in [-0.2, 0) is 14.9 Å². The van der Waals surface area contributed by atoms with E-state index in [4.69, 9.17) is 4.74 Å². The molecule has 0 bridgehead atoms. The number of hydrogen-bond donors (Lipinski definition) is 0. The number of ether oxygens (including phenoxy) is 1. The third-order valence-corrected chi connectivity index (χ3v) is 7.29. The van der Waals surface area contributed by atoms with E-state index in [1.807, 2.05) is 6.92 Å². The highest BCUT2D eigenvalue weighted by atomic mass is 32.2. The van der Waals surface area contributed by atoms with E-state index in [-0.39, 0.29) is 12.1 Å². The van der Waals surface area contributed by atoms with Crippen LogP contribution in [-0.4, -0.2) is 79.4 Å². The molecule has 0 spiro atoms. The number of morpholine rings is 1. The van der Waals surface area contributed by atoms with Crippen molar-refractivity contribution in [2.45, 2.75) is 51.2 Å². The Balaban J connectivity index is 1.82. The summed E-state index contributed by atoms with van der Waals surface area (Å²) in [6, 6.07) is 0.459. The predicted octanol–water partition coefficient (Wildman–Crippen LogP) is 0.511. The summed E-state index contributed by atoms with van der Waals surface area (Å²) in [6.07, 6.45) is 3.20. The molecule has 3 unspecified atom stereocenters. The fraction of sp³-hybridized carbons (Fsp3) is 1.00. The molecule has 0 radical (unpaired) electrons. The molecular weight excluding hydrogens is 290 g/mol. The maximum Gasteiger partial charge on any atom is 0.282 e. The highest BCUT2D eigenvalue weighted by molar-refractivity contribution is 7.86. The largest absolute Gasteiger partial charge is 0.378 e. The summed E-state index contributed by atoms with van der Waals surface area (Å²) in [7, 11) is -3.37. The van der Waals surface area contributed by atoms with Crippen molar-refractivity contribution in [1.29, 1.82) is 0 Å². The molecule has 3 aliphatic rings. The fourth-order valence-electron chi connectivity index (χ4n) is 3.87. The highest BCUT2D eigenvalue weighted by Crippen LogP contribution is 2.29. The molecule has 3 fully saturated rings. The van der Waals surface area contributed by atoms with Crippen LogP contribution < -0.4 is 0 Å². The Bertz CT molecular complexity index is 470. The fourth-order valence-corrected chi connectivity index (χ4v) is 5.91. The van der Waals surface area contributed by atoms with Crippen LogP contribution in [0.3, 0.4) is 0 Å². The van der Waals surface area contributed by atoms with Crippen molar-refractivity contribution in [1.82, 2.24) is 13.5 Å². The van der Waals surface area contributed by atoms with Gasteiger partial charge in [-0.15, -0.1) is 0 Å². The molecule has 0 aromatic rings. The van der Waals surface area contributed by atoms with Crippen molar-refractivity contribution in [3.05, 3.63) is 0 Å². The topological polar surface area (TPSA) is 53.1 Å². The minimum atomic E-state index is -3.37. The second-order valence-corrected chi connectivity index (χ2v) is 8.30. The van der Waals surface area contributed by atoms with Gasteiger partial charge in [0.2, 0.25) is 0 Å². The van der Waals surface area contributed by atoms with E-state index in [0.717, 1.165) is 25.9 Å². The van der Waals surface area contributed by atoms with Crippen molar-refractivity contribution in [2.75, 3.05) is 39.4 Å². The summed E-state index contributed by atoms with van der Waals surface area (Å²) in [5, 5.41) is 0. The second-order valence-electron chi connectivity index (χ2n) is 6.47. The molecule has 3 atom stereocenters. The molecule has 3 rings (SSSR count). The van der Waals surface area contributed by atoms with Crippen molar-refractivity contribution < 1.29 is 13.2 Å². The van der Waals surface area contributed by atoms with E-state index in [1.54, 1.807) is 8.61 Å². The Morgan fingerprint density at radius 2 is 2.00 bits per heavy atom. The average Bonchev–Trinajstić information content (AvgIpc) is 2.93. The van der Waals surface area contributed by atoms with Crippen molar-refractivity contribution >= 4 is 10.2 Å². The third-order valence-electron chi connectivity index (χ3n) is 5.11. The van der Waals surface area contributed by atoms with E-state index in [0.29, 0.717) is 32.3 Å². The van der Waals surface area contributed by atoms with E-state index in [2.05, 4.69) is 11.8 Å². The molecule has 0 aliphatic carbocycles. The van der Waals surface area contributed by atoms with E-state index >= 15 is 0 Å². The van der Waals surface area contributed by atoms with Gasteiger partial charge in [0, 0.05) is 37.8 Å². The van der Waals surface area contributed by atoms with Gasteiger partial charge in [-0.3, -0.25) is 4.90 Å².